The highest BCUT2D eigenvalue weighted by molar-refractivity contribution is 5.99. The molecule has 5 aliphatic rings. The van der Waals surface area contributed by atoms with Crippen LogP contribution in [0, 0.1) is 0 Å². The monoisotopic (exact) mass is 586 g/mol. The van der Waals surface area contributed by atoms with E-state index in [1.165, 1.54) is 17.5 Å². The molecule has 1 amide bonds. The topological polar surface area (TPSA) is 74.7 Å². The number of carbonyl (C=O) groups excluding carboxylic acids is 1. The van der Waals surface area contributed by atoms with Crippen molar-refractivity contribution in [3.63, 3.8) is 0 Å². The Bertz CT molecular complexity index is 1620. The number of pyridine rings is 1. The number of amides is 1. The molecule has 1 aromatic carbocycles. The lowest BCUT2D eigenvalue weighted by Crippen LogP contribution is -2.63. The molecule has 10 heteroatoms. The molecule has 0 radical (unpaired) electrons. The predicted octanol–water partition coefficient (Wildman–Crippen LogP) is 5.15. The molecular weight excluding hydrogens is 550 g/mol. The first-order valence-electron chi connectivity index (χ1n) is 15.7. The van der Waals surface area contributed by atoms with Gasteiger partial charge in [-0.1, -0.05) is 6.58 Å². The Hall–Kier alpha value is -3.66. The fourth-order valence-corrected chi connectivity index (χ4v) is 8.55. The van der Waals surface area contributed by atoms with E-state index in [0.717, 1.165) is 86.8 Å². The third-order valence-corrected chi connectivity index (χ3v) is 10.7. The molecular formula is C33H36F2N6O2. The van der Waals surface area contributed by atoms with Crippen LogP contribution in [0.15, 0.2) is 43.3 Å². The number of aromatic nitrogens is 3. The molecule has 4 fully saturated rings. The third-order valence-electron chi connectivity index (χ3n) is 10.7. The summed E-state index contributed by atoms with van der Waals surface area (Å²) in [6.45, 7) is 6.02. The van der Waals surface area contributed by atoms with Gasteiger partial charge in [-0.3, -0.25) is 14.7 Å². The van der Waals surface area contributed by atoms with Crippen molar-refractivity contribution in [2.24, 2.45) is 0 Å². The van der Waals surface area contributed by atoms with Gasteiger partial charge in [0.2, 0.25) is 0 Å². The summed E-state index contributed by atoms with van der Waals surface area (Å²) in [7, 11) is 0. The Labute approximate surface area is 249 Å². The lowest BCUT2D eigenvalue weighted by molar-refractivity contribution is -0.130. The maximum atomic E-state index is 16.6. The van der Waals surface area contributed by atoms with E-state index in [1.54, 1.807) is 4.90 Å². The first kappa shape index (κ1) is 26.9. The summed E-state index contributed by atoms with van der Waals surface area (Å²) in [5, 5.41) is 0.775. The van der Waals surface area contributed by atoms with Crippen molar-refractivity contribution in [1.82, 2.24) is 24.8 Å². The Kier molecular flexibility index (Phi) is 6.40. The summed E-state index contributed by atoms with van der Waals surface area (Å²) in [5.41, 5.74) is 4.26. The van der Waals surface area contributed by atoms with Crippen LogP contribution >= 0.6 is 0 Å². The molecule has 1 aliphatic carbocycles. The van der Waals surface area contributed by atoms with Crippen LogP contribution in [0.3, 0.4) is 0 Å². The zero-order chi connectivity index (χ0) is 29.3. The number of ether oxygens (including phenoxy) is 1. The molecule has 6 heterocycles. The average molecular weight is 587 g/mol. The van der Waals surface area contributed by atoms with Crippen LogP contribution in [0.25, 0.3) is 22.0 Å². The molecule has 2 aromatic heterocycles. The van der Waals surface area contributed by atoms with E-state index in [-0.39, 0.29) is 12.1 Å². The van der Waals surface area contributed by atoms with Crippen molar-refractivity contribution >= 4 is 22.6 Å². The average Bonchev–Trinajstić information content (AvgIpc) is 3.70. The van der Waals surface area contributed by atoms with Crippen molar-refractivity contribution in [2.45, 2.75) is 81.8 Å². The van der Waals surface area contributed by atoms with E-state index in [4.69, 9.17) is 9.72 Å². The maximum absolute atomic E-state index is 16.6. The quantitative estimate of drug-likeness (QED) is 0.370. The molecule has 3 unspecified atom stereocenters. The van der Waals surface area contributed by atoms with Crippen LogP contribution < -0.4 is 9.64 Å². The molecule has 0 spiro atoms. The minimum Gasteiger partial charge on any atom is -0.455 e. The van der Waals surface area contributed by atoms with Crippen LogP contribution in [0.5, 0.6) is 5.75 Å². The third kappa shape index (κ3) is 4.08. The van der Waals surface area contributed by atoms with E-state index < -0.39 is 23.6 Å². The van der Waals surface area contributed by atoms with Gasteiger partial charge >= 0.3 is 0 Å². The Morgan fingerprint density at radius 3 is 2.65 bits per heavy atom. The van der Waals surface area contributed by atoms with Gasteiger partial charge < -0.3 is 14.5 Å². The van der Waals surface area contributed by atoms with Gasteiger partial charge in [-0.25, -0.2) is 14.4 Å². The molecule has 8 nitrogen and oxygen atoms in total. The highest BCUT2D eigenvalue weighted by Crippen LogP contribution is 2.48. The second-order valence-electron chi connectivity index (χ2n) is 12.8. The van der Waals surface area contributed by atoms with Gasteiger partial charge in [0, 0.05) is 42.0 Å². The first-order valence-corrected chi connectivity index (χ1v) is 15.7. The summed E-state index contributed by atoms with van der Waals surface area (Å²) in [6.07, 6.45) is 12.3. The van der Waals surface area contributed by atoms with Gasteiger partial charge in [0.05, 0.1) is 17.6 Å². The van der Waals surface area contributed by atoms with Gasteiger partial charge in [0.25, 0.3) is 12.3 Å². The molecule has 4 saturated heterocycles. The number of anilines is 1. The number of aryl methyl sites for hydroxylation is 1. The number of benzene rings is 1. The van der Waals surface area contributed by atoms with Gasteiger partial charge in [0.1, 0.15) is 17.7 Å². The number of carbonyl (C=O) groups is 1. The Balaban J connectivity index is 1.22. The molecule has 43 heavy (non-hydrogen) atoms. The van der Waals surface area contributed by atoms with E-state index in [9.17, 15) is 9.18 Å². The van der Waals surface area contributed by atoms with Crippen molar-refractivity contribution in [3.05, 3.63) is 54.4 Å². The number of fused-ring (bicyclic) bond motifs is 4. The minimum atomic E-state index is -1.50. The SMILES string of the molecule is C=C(F)C(=O)N1CCC2C1CN2c1ncnc2c(OC(F)C34CCCN3CCC4)c(-c3cncc4c3CCCC4)ccc12. The highest BCUT2D eigenvalue weighted by Gasteiger charge is 2.53. The fraction of sp³-hybridized carbons (Fsp3) is 0.515. The van der Waals surface area contributed by atoms with E-state index in [2.05, 4.69) is 26.3 Å². The molecule has 8 rings (SSSR count). The minimum absolute atomic E-state index is 0.0223. The standard InChI is InChI=1S/C33H36F2N6O2/c1-20(34)31(42)40-15-10-26-27(40)18-41(26)30-24-9-8-23(25-17-36-16-21-6-2-3-7-22(21)25)29(28(24)37-19-38-30)43-32(35)33-11-4-13-39(33)14-5-12-33/h8-9,16-17,19,26-27,32H,1-7,10-15,18H2. The lowest BCUT2D eigenvalue weighted by atomic mass is 9.87. The van der Waals surface area contributed by atoms with E-state index in [0.29, 0.717) is 30.8 Å². The number of hydrogen-bond acceptors (Lipinski definition) is 7. The van der Waals surface area contributed by atoms with Gasteiger partial charge in [0.15, 0.2) is 11.6 Å². The molecule has 3 aromatic rings. The largest absolute Gasteiger partial charge is 0.455 e. The van der Waals surface area contributed by atoms with Crippen molar-refractivity contribution in [3.8, 4) is 16.9 Å². The van der Waals surface area contributed by atoms with Gasteiger partial charge in [-0.15, -0.1) is 0 Å². The number of hydrogen-bond donors (Lipinski definition) is 0. The van der Waals surface area contributed by atoms with Crippen LogP contribution in [-0.4, -0.2) is 80.8 Å². The summed E-state index contributed by atoms with van der Waals surface area (Å²) >= 11 is 0. The van der Waals surface area contributed by atoms with Crippen LogP contribution in [0.1, 0.15) is 56.1 Å². The maximum Gasteiger partial charge on any atom is 0.282 e. The van der Waals surface area contributed by atoms with Crippen molar-refractivity contribution < 1.29 is 18.3 Å². The van der Waals surface area contributed by atoms with Crippen molar-refractivity contribution in [2.75, 3.05) is 31.1 Å². The van der Waals surface area contributed by atoms with Crippen LogP contribution in [-0.2, 0) is 17.6 Å². The van der Waals surface area contributed by atoms with Gasteiger partial charge in [-0.05, 0) is 94.1 Å². The Morgan fingerprint density at radius 1 is 1.02 bits per heavy atom. The number of alkyl halides is 1. The van der Waals surface area contributed by atoms with Crippen LogP contribution in [0.4, 0.5) is 14.6 Å². The molecule has 224 valence electrons. The summed E-state index contributed by atoms with van der Waals surface area (Å²) in [6, 6.07) is 3.95. The molecule has 4 aliphatic heterocycles. The van der Waals surface area contributed by atoms with E-state index >= 15 is 4.39 Å². The number of rotatable bonds is 6. The normalized spacial score (nSPS) is 24.8. The summed E-state index contributed by atoms with van der Waals surface area (Å²) in [4.78, 5) is 32.3. The fourth-order valence-electron chi connectivity index (χ4n) is 8.55. The highest BCUT2D eigenvalue weighted by atomic mass is 19.1. The van der Waals surface area contributed by atoms with Crippen LogP contribution in [0.2, 0.25) is 0 Å². The molecule has 0 N–H and O–H groups in total. The number of nitrogens with zero attached hydrogens (tertiary/aromatic N) is 6. The molecule has 0 bridgehead atoms. The smallest absolute Gasteiger partial charge is 0.282 e. The van der Waals surface area contributed by atoms with Gasteiger partial charge in [-0.2, -0.15) is 4.39 Å². The lowest BCUT2D eigenvalue weighted by Gasteiger charge is -2.47. The van der Waals surface area contributed by atoms with E-state index in [1.807, 2.05) is 24.5 Å². The summed E-state index contributed by atoms with van der Waals surface area (Å²) in [5.74, 6) is -0.402. The second kappa shape index (κ2) is 10.2. The zero-order valence-electron chi connectivity index (χ0n) is 24.3. The molecule has 3 atom stereocenters. The number of likely N-dealkylation sites (tertiary alicyclic amines) is 1. The van der Waals surface area contributed by atoms with Crippen molar-refractivity contribution in [1.29, 1.82) is 0 Å². The molecule has 0 saturated carbocycles. The second-order valence-corrected chi connectivity index (χ2v) is 12.8. The predicted molar refractivity (Wildman–Crippen MR) is 159 cm³/mol. The Morgan fingerprint density at radius 2 is 1.84 bits per heavy atom. The number of halogens is 2. The zero-order valence-corrected chi connectivity index (χ0v) is 24.3. The first-order chi connectivity index (χ1) is 21.0. The summed E-state index contributed by atoms with van der Waals surface area (Å²) < 4.78 is 36.7.